The summed E-state index contributed by atoms with van der Waals surface area (Å²) in [4.78, 5) is 9.23. The molecule has 1 fully saturated rings. The maximum Gasteiger partial charge on any atom is 0.243 e. The molecule has 1 saturated heterocycles. The molecule has 1 aliphatic rings. The van der Waals surface area contributed by atoms with Crippen LogP contribution in [-0.4, -0.2) is 85.1 Å². The molecule has 0 unspecified atom stereocenters. The van der Waals surface area contributed by atoms with Gasteiger partial charge in [-0.1, -0.05) is 18.2 Å². The second-order valence-electron chi connectivity index (χ2n) is 7.86. The van der Waals surface area contributed by atoms with E-state index in [1.54, 1.807) is 21.1 Å². The molecule has 0 radical (unpaired) electrons. The van der Waals surface area contributed by atoms with Crippen LogP contribution in [-0.2, 0) is 30.2 Å². The second-order valence-corrected chi connectivity index (χ2v) is 9.77. The van der Waals surface area contributed by atoms with Gasteiger partial charge in [0.15, 0.2) is 5.96 Å². The minimum atomic E-state index is -3.55. The number of hydrogen-bond donors (Lipinski definition) is 1. The van der Waals surface area contributed by atoms with E-state index in [1.807, 2.05) is 57.5 Å². The molecule has 2 heterocycles. The van der Waals surface area contributed by atoms with Crippen LogP contribution in [0.5, 0.6) is 0 Å². The lowest BCUT2D eigenvalue weighted by Gasteiger charge is -2.32. The van der Waals surface area contributed by atoms with Gasteiger partial charge in [0.25, 0.3) is 0 Å². The Hall–Kier alpha value is -1.70. The maximum absolute atomic E-state index is 13.3. The number of aryl methyl sites for hydroxylation is 1. The van der Waals surface area contributed by atoms with E-state index >= 15 is 0 Å². The number of halogens is 1. The Balaban J connectivity index is 0.00000363. The van der Waals surface area contributed by atoms with Gasteiger partial charge in [-0.3, -0.25) is 4.68 Å². The molecular formula is C21H34IN7O2S. The number of nitrogens with zero attached hydrogens (tertiary/aromatic N) is 6. The van der Waals surface area contributed by atoms with Crippen LogP contribution in [0.3, 0.4) is 0 Å². The number of aliphatic imine (C=N–C) groups is 1. The molecule has 0 atom stereocenters. The summed E-state index contributed by atoms with van der Waals surface area (Å²) < 4.78 is 29.9. The van der Waals surface area contributed by atoms with E-state index in [0.29, 0.717) is 30.1 Å². The van der Waals surface area contributed by atoms with Crippen molar-refractivity contribution in [3.05, 3.63) is 47.8 Å². The van der Waals surface area contributed by atoms with Crippen LogP contribution in [0, 0.1) is 0 Å². The zero-order valence-corrected chi connectivity index (χ0v) is 22.4. The average Bonchev–Trinajstić information content (AvgIpc) is 3.16. The predicted octanol–water partition coefficient (Wildman–Crippen LogP) is 1.57. The first-order valence-electron chi connectivity index (χ1n) is 10.5. The van der Waals surface area contributed by atoms with Crippen LogP contribution in [0.2, 0.25) is 0 Å². The number of guanidine groups is 1. The highest BCUT2D eigenvalue weighted by Crippen LogP contribution is 2.22. The summed E-state index contributed by atoms with van der Waals surface area (Å²) in [6.07, 6.45) is 3.80. The molecule has 1 N–H and O–H groups in total. The maximum atomic E-state index is 13.3. The smallest absolute Gasteiger partial charge is 0.243 e. The number of hydrogen-bond acceptors (Lipinski definition) is 5. The van der Waals surface area contributed by atoms with Gasteiger partial charge in [-0.25, -0.2) is 13.4 Å². The Labute approximate surface area is 208 Å². The van der Waals surface area contributed by atoms with Crippen LogP contribution in [0.1, 0.15) is 18.1 Å². The van der Waals surface area contributed by atoms with Crippen LogP contribution in [0.15, 0.2) is 46.5 Å². The molecule has 1 aromatic heterocycles. The van der Waals surface area contributed by atoms with E-state index < -0.39 is 10.0 Å². The number of piperazine rings is 1. The normalized spacial score (nSPS) is 15.9. The molecule has 1 aliphatic heterocycles. The molecule has 0 bridgehead atoms. The zero-order valence-electron chi connectivity index (χ0n) is 19.2. The molecule has 3 rings (SSSR count). The monoisotopic (exact) mass is 575 g/mol. The Morgan fingerprint density at radius 3 is 2.50 bits per heavy atom. The van der Waals surface area contributed by atoms with Gasteiger partial charge in [0.1, 0.15) is 0 Å². The van der Waals surface area contributed by atoms with E-state index in [2.05, 4.69) is 15.3 Å². The molecule has 0 spiro atoms. The fourth-order valence-electron chi connectivity index (χ4n) is 3.59. The molecule has 0 saturated carbocycles. The summed E-state index contributed by atoms with van der Waals surface area (Å²) in [5.41, 5.74) is 1.78. The number of nitrogens with one attached hydrogen (secondary N) is 1. The van der Waals surface area contributed by atoms with E-state index in [1.165, 1.54) is 0 Å². The summed E-state index contributed by atoms with van der Waals surface area (Å²) in [6, 6.07) is 7.16. The topological polar surface area (TPSA) is 86.1 Å². The lowest BCUT2D eigenvalue weighted by atomic mass is 10.2. The number of rotatable bonds is 7. The minimum absolute atomic E-state index is 0. The van der Waals surface area contributed by atoms with Gasteiger partial charge in [0.2, 0.25) is 10.0 Å². The lowest BCUT2D eigenvalue weighted by Crippen LogP contribution is -2.47. The first kappa shape index (κ1) is 26.6. The highest BCUT2D eigenvalue weighted by atomic mass is 127. The second kappa shape index (κ2) is 12.0. The number of sulfonamides is 1. The Morgan fingerprint density at radius 1 is 1.19 bits per heavy atom. The Kier molecular flexibility index (Phi) is 9.92. The third kappa shape index (κ3) is 6.65. The van der Waals surface area contributed by atoms with Gasteiger partial charge in [-0.15, -0.1) is 24.0 Å². The van der Waals surface area contributed by atoms with Gasteiger partial charge in [0, 0.05) is 65.1 Å². The molecule has 1 aromatic carbocycles. The highest BCUT2D eigenvalue weighted by molar-refractivity contribution is 14.0. The third-order valence-electron chi connectivity index (χ3n) is 5.33. The molecule has 0 aliphatic carbocycles. The Morgan fingerprint density at radius 2 is 1.88 bits per heavy atom. The number of benzene rings is 1. The van der Waals surface area contributed by atoms with Crippen LogP contribution >= 0.6 is 24.0 Å². The van der Waals surface area contributed by atoms with Crippen molar-refractivity contribution in [1.82, 2.24) is 29.2 Å². The van der Waals surface area contributed by atoms with Gasteiger partial charge < -0.3 is 15.1 Å². The molecule has 178 valence electrons. The fourth-order valence-corrected chi connectivity index (χ4v) is 5.22. The predicted molar refractivity (Wildman–Crippen MR) is 138 cm³/mol. The minimum Gasteiger partial charge on any atom is -0.357 e. The van der Waals surface area contributed by atoms with Crippen molar-refractivity contribution in [3.8, 4) is 0 Å². The Bertz CT molecular complexity index is 1000. The van der Waals surface area contributed by atoms with Crippen LogP contribution in [0.25, 0.3) is 0 Å². The largest absolute Gasteiger partial charge is 0.357 e. The van der Waals surface area contributed by atoms with E-state index in [0.717, 1.165) is 31.2 Å². The summed E-state index contributed by atoms with van der Waals surface area (Å²) in [5, 5.41) is 7.50. The zero-order chi connectivity index (χ0) is 22.4. The lowest BCUT2D eigenvalue weighted by molar-refractivity contribution is 0.222. The van der Waals surface area contributed by atoms with E-state index in [9.17, 15) is 8.42 Å². The summed E-state index contributed by atoms with van der Waals surface area (Å²) in [6.45, 7) is 6.16. The van der Waals surface area contributed by atoms with Crippen molar-refractivity contribution in [2.75, 3.05) is 46.8 Å². The van der Waals surface area contributed by atoms with Crippen molar-refractivity contribution in [3.63, 3.8) is 0 Å². The average molecular weight is 576 g/mol. The first-order chi connectivity index (χ1) is 14.8. The highest BCUT2D eigenvalue weighted by Gasteiger charge is 2.29. The quantitative estimate of drug-likeness (QED) is 0.307. The van der Waals surface area contributed by atoms with Crippen molar-refractivity contribution >= 4 is 40.0 Å². The molecule has 0 amide bonds. The molecule has 32 heavy (non-hydrogen) atoms. The van der Waals surface area contributed by atoms with Crippen molar-refractivity contribution in [2.45, 2.75) is 24.9 Å². The standard InChI is InChI=1S/C21H33N7O2S.HI/c1-5-22-21(26(3)16-18-14-24-27(4)17-18)23-15-19-8-6-7-9-20(19)31(29,30)28-12-10-25(2)11-13-28;/h6-9,14,17H,5,10-13,15-16H2,1-4H3,(H,22,23);1H. The van der Waals surface area contributed by atoms with Crippen LogP contribution < -0.4 is 5.32 Å². The first-order valence-corrected chi connectivity index (χ1v) is 12.0. The van der Waals surface area contributed by atoms with E-state index in [4.69, 9.17) is 4.99 Å². The SMILES string of the molecule is CCNC(=NCc1ccccc1S(=O)(=O)N1CCN(C)CC1)N(C)Cc1cnn(C)c1.I. The number of likely N-dealkylation sites (N-methyl/N-ethyl adjacent to an activating group) is 1. The molecule has 2 aromatic rings. The third-order valence-corrected chi connectivity index (χ3v) is 7.33. The van der Waals surface area contributed by atoms with Crippen molar-refractivity contribution in [2.24, 2.45) is 12.0 Å². The molecular weight excluding hydrogens is 541 g/mol. The van der Waals surface area contributed by atoms with Crippen LogP contribution in [0.4, 0.5) is 0 Å². The van der Waals surface area contributed by atoms with Crippen molar-refractivity contribution in [1.29, 1.82) is 0 Å². The van der Waals surface area contributed by atoms with Gasteiger partial charge >= 0.3 is 0 Å². The van der Waals surface area contributed by atoms with E-state index in [-0.39, 0.29) is 30.5 Å². The molecule has 11 heteroatoms. The van der Waals surface area contributed by atoms with Gasteiger partial charge in [-0.05, 0) is 25.6 Å². The van der Waals surface area contributed by atoms with Crippen molar-refractivity contribution < 1.29 is 8.42 Å². The summed E-state index contributed by atoms with van der Waals surface area (Å²) in [5.74, 6) is 0.721. The number of aromatic nitrogens is 2. The summed E-state index contributed by atoms with van der Waals surface area (Å²) in [7, 11) is 2.31. The van der Waals surface area contributed by atoms with Gasteiger partial charge in [-0.2, -0.15) is 9.40 Å². The van der Waals surface area contributed by atoms with Gasteiger partial charge in [0.05, 0.1) is 17.6 Å². The fraction of sp³-hybridized carbons (Fsp3) is 0.524. The summed E-state index contributed by atoms with van der Waals surface area (Å²) >= 11 is 0. The molecule has 9 nitrogen and oxygen atoms in total.